The van der Waals surface area contributed by atoms with E-state index in [1.165, 1.54) is 0 Å². The third kappa shape index (κ3) is 2.32. The lowest BCUT2D eigenvalue weighted by Gasteiger charge is -2.32. The van der Waals surface area contributed by atoms with Crippen LogP contribution in [0.1, 0.15) is 31.4 Å². The first kappa shape index (κ1) is 11.7. The quantitative estimate of drug-likeness (QED) is 0.796. The van der Waals surface area contributed by atoms with Crippen LogP contribution in [0.25, 0.3) is 0 Å². The molecule has 1 saturated heterocycles. The number of phenols is 1. The van der Waals surface area contributed by atoms with Gasteiger partial charge in [0.25, 0.3) is 0 Å². The van der Waals surface area contributed by atoms with Crippen LogP contribution in [-0.4, -0.2) is 22.4 Å². The molecule has 0 amide bonds. The highest BCUT2D eigenvalue weighted by Crippen LogP contribution is 2.34. The number of hydrogen-bond acceptors (Lipinski definition) is 3. The zero-order valence-corrected chi connectivity index (χ0v) is 9.81. The lowest BCUT2D eigenvalue weighted by Crippen LogP contribution is -2.31. The molecule has 1 heterocycles. The van der Waals surface area contributed by atoms with Crippen LogP contribution in [-0.2, 0) is 4.74 Å². The Labute approximate surface area is 99.6 Å². The number of aromatic hydroxyl groups is 1. The molecule has 3 atom stereocenters. The average Bonchev–Trinajstić information content (AvgIpc) is 2.26. The Morgan fingerprint density at radius 2 is 2.12 bits per heavy atom. The number of aliphatic hydroxyl groups excluding tert-OH is 1. The SMILES string of the molecule is CC1CCC(O)[C@@H](c2ccc(Cl)c(O)c2)O1. The molecule has 1 aliphatic heterocycles. The van der Waals surface area contributed by atoms with Crippen LogP contribution >= 0.6 is 11.6 Å². The van der Waals surface area contributed by atoms with Crippen molar-refractivity contribution >= 4 is 11.6 Å². The van der Waals surface area contributed by atoms with Crippen molar-refractivity contribution in [2.45, 2.75) is 38.1 Å². The van der Waals surface area contributed by atoms with Crippen molar-refractivity contribution in [2.75, 3.05) is 0 Å². The van der Waals surface area contributed by atoms with Crippen molar-refractivity contribution < 1.29 is 14.9 Å². The maximum absolute atomic E-state index is 9.86. The summed E-state index contributed by atoms with van der Waals surface area (Å²) in [5, 5.41) is 19.7. The fraction of sp³-hybridized carbons (Fsp3) is 0.500. The van der Waals surface area contributed by atoms with Gasteiger partial charge in [0, 0.05) is 0 Å². The standard InChI is InChI=1S/C12H15ClO3/c1-7-2-5-10(14)12(16-7)8-3-4-9(13)11(15)6-8/h3-4,6-7,10,12,14-15H,2,5H2,1H3/t7?,10?,12-/m1/s1. The third-order valence-corrected chi connectivity index (χ3v) is 3.22. The Morgan fingerprint density at radius 3 is 2.81 bits per heavy atom. The van der Waals surface area contributed by atoms with Crippen molar-refractivity contribution in [3.05, 3.63) is 28.8 Å². The van der Waals surface area contributed by atoms with Gasteiger partial charge in [-0.15, -0.1) is 0 Å². The molecule has 3 nitrogen and oxygen atoms in total. The van der Waals surface area contributed by atoms with Crippen molar-refractivity contribution in [3.8, 4) is 5.75 Å². The summed E-state index contributed by atoms with van der Waals surface area (Å²) in [7, 11) is 0. The van der Waals surface area contributed by atoms with E-state index < -0.39 is 6.10 Å². The van der Waals surface area contributed by atoms with Gasteiger partial charge < -0.3 is 14.9 Å². The number of halogens is 1. The van der Waals surface area contributed by atoms with Gasteiger partial charge in [0.2, 0.25) is 0 Å². The predicted molar refractivity (Wildman–Crippen MR) is 61.6 cm³/mol. The Morgan fingerprint density at radius 1 is 1.38 bits per heavy atom. The molecule has 0 radical (unpaired) electrons. The third-order valence-electron chi connectivity index (χ3n) is 2.90. The van der Waals surface area contributed by atoms with Gasteiger partial charge in [-0.25, -0.2) is 0 Å². The minimum Gasteiger partial charge on any atom is -0.506 e. The van der Waals surface area contributed by atoms with Gasteiger partial charge in [-0.05, 0) is 37.5 Å². The van der Waals surface area contributed by atoms with E-state index in [2.05, 4.69) is 0 Å². The Kier molecular flexibility index (Phi) is 3.38. The summed E-state index contributed by atoms with van der Waals surface area (Å²) in [6, 6.07) is 4.93. The molecule has 0 saturated carbocycles. The molecule has 1 aromatic rings. The Balaban J connectivity index is 2.24. The van der Waals surface area contributed by atoms with E-state index in [4.69, 9.17) is 16.3 Å². The van der Waals surface area contributed by atoms with Gasteiger partial charge in [0.15, 0.2) is 0 Å². The molecule has 2 N–H and O–H groups in total. The summed E-state index contributed by atoms with van der Waals surface area (Å²) >= 11 is 5.73. The van der Waals surface area contributed by atoms with Crippen LogP contribution in [0.2, 0.25) is 5.02 Å². The van der Waals surface area contributed by atoms with E-state index in [1.54, 1.807) is 18.2 Å². The average molecular weight is 243 g/mol. The van der Waals surface area contributed by atoms with E-state index in [1.807, 2.05) is 6.92 Å². The maximum Gasteiger partial charge on any atom is 0.134 e. The van der Waals surface area contributed by atoms with Crippen LogP contribution in [0.15, 0.2) is 18.2 Å². The predicted octanol–water partition coefficient (Wildman–Crippen LogP) is 2.65. The monoisotopic (exact) mass is 242 g/mol. The summed E-state index contributed by atoms with van der Waals surface area (Å²) in [6.07, 6.45) is 0.821. The van der Waals surface area contributed by atoms with Gasteiger partial charge in [-0.3, -0.25) is 0 Å². The fourth-order valence-corrected chi connectivity index (χ4v) is 2.09. The molecule has 0 aliphatic carbocycles. The minimum atomic E-state index is -0.517. The molecule has 0 bridgehead atoms. The van der Waals surface area contributed by atoms with Crippen LogP contribution < -0.4 is 0 Å². The number of phenolic OH excluding ortho intramolecular Hbond substituents is 1. The molecule has 1 aliphatic rings. The molecule has 16 heavy (non-hydrogen) atoms. The highest BCUT2D eigenvalue weighted by atomic mass is 35.5. The number of hydrogen-bond donors (Lipinski definition) is 2. The van der Waals surface area contributed by atoms with Gasteiger partial charge in [-0.2, -0.15) is 0 Å². The molecule has 1 aromatic carbocycles. The molecule has 0 spiro atoms. The van der Waals surface area contributed by atoms with Gasteiger partial charge in [0.05, 0.1) is 17.2 Å². The molecule has 2 unspecified atom stereocenters. The van der Waals surface area contributed by atoms with Crippen LogP contribution in [0.3, 0.4) is 0 Å². The van der Waals surface area contributed by atoms with Crippen molar-refractivity contribution in [1.82, 2.24) is 0 Å². The highest BCUT2D eigenvalue weighted by Gasteiger charge is 2.29. The molecule has 1 fully saturated rings. The zero-order valence-electron chi connectivity index (χ0n) is 9.06. The van der Waals surface area contributed by atoms with Crippen molar-refractivity contribution in [2.24, 2.45) is 0 Å². The summed E-state index contributed by atoms with van der Waals surface area (Å²) in [4.78, 5) is 0. The first-order valence-electron chi connectivity index (χ1n) is 5.40. The molecule has 88 valence electrons. The molecule has 2 rings (SSSR count). The van der Waals surface area contributed by atoms with E-state index in [0.29, 0.717) is 5.02 Å². The summed E-state index contributed by atoms with van der Waals surface area (Å²) < 4.78 is 5.68. The number of aliphatic hydroxyl groups is 1. The van der Waals surface area contributed by atoms with Crippen LogP contribution in [0, 0.1) is 0 Å². The van der Waals surface area contributed by atoms with E-state index in [0.717, 1.165) is 18.4 Å². The second-order valence-corrected chi connectivity index (χ2v) is 4.63. The van der Waals surface area contributed by atoms with Gasteiger partial charge in [0.1, 0.15) is 11.9 Å². The first-order chi connectivity index (χ1) is 7.58. The van der Waals surface area contributed by atoms with E-state index in [9.17, 15) is 10.2 Å². The number of rotatable bonds is 1. The summed E-state index contributed by atoms with van der Waals surface area (Å²) in [5.41, 5.74) is 0.765. The second-order valence-electron chi connectivity index (χ2n) is 4.22. The van der Waals surface area contributed by atoms with Crippen molar-refractivity contribution in [3.63, 3.8) is 0 Å². The Bertz CT molecular complexity index is 381. The topological polar surface area (TPSA) is 49.7 Å². The largest absolute Gasteiger partial charge is 0.506 e. The molecular weight excluding hydrogens is 228 g/mol. The molecule has 0 aromatic heterocycles. The highest BCUT2D eigenvalue weighted by molar-refractivity contribution is 6.32. The fourth-order valence-electron chi connectivity index (χ4n) is 1.97. The smallest absolute Gasteiger partial charge is 0.134 e. The van der Waals surface area contributed by atoms with E-state index in [-0.39, 0.29) is 18.0 Å². The van der Waals surface area contributed by atoms with Gasteiger partial charge in [-0.1, -0.05) is 17.7 Å². The van der Waals surface area contributed by atoms with Crippen molar-refractivity contribution in [1.29, 1.82) is 0 Å². The number of ether oxygens (including phenoxy) is 1. The molecular formula is C12H15ClO3. The Hall–Kier alpha value is -0.770. The zero-order chi connectivity index (χ0) is 11.7. The lowest BCUT2D eigenvalue weighted by atomic mass is 9.96. The normalized spacial score (nSPS) is 30.3. The lowest BCUT2D eigenvalue weighted by molar-refractivity contribution is -0.113. The summed E-state index contributed by atoms with van der Waals surface area (Å²) in [6.45, 7) is 1.98. The first-order valence-corrected chi connectivity index (χ1v) is 5.77. The molecule has 4 heteroatoms. The minimum absolute atomic E-state index is 0.0215. The summed E-state index contributed by atoms with van der Waals surface area (Å²) in [5.74, 6) is 0.0215. The van der Waals surface area contributed by atoms with Crippen LogP contribution in [0.5, 0.6) is 5.75 Å². The second kappa shape index (κ2) is 4.62. The van der Waals surface area contributed by atoms with Crippen LogP contribution in [0.4, 0.5) is 0 Å². The van der Waals surface area contributed by atoms with Gasteiger partial charge >= 0.3 is 0 Å². The maximum atomic E-state index is 9.86. The number of benzene rings is 1. The van der Waals surface area contributed by atoms with E-state index >= 15 is 0 Å².